The molecule has 0 aliphatic carbocycles. The van der Waals surface area contributed by atoms with E-state index in [1.54, 1.807) is 12.4 Å². The zero-order valence-electron chi connectivity index (χ0n) is 9.59. The molecule has 0 spiro atoms. The summed E-state index contributed by atoms with van der Waals surface area (Å²) >= 11 is 0. The molecule has 0 radical (unpaired) electrons. The molecule has 4 nitrogen and oxygen atoms in total. The van der Waals surface area contributed by atoms with Gasteiger partial charge in [-0.1, -0.05) is 13.8 Å². The predicted molar refractivity (Wildman–Crippen MR) is 63.3 cm³/mol. The van der Waals surface area contributed by atoms with Crippen molar-refractivity contribution in [3.8, 4) is 5.69 Å². The molecule has 4 heteroatoms. The van der Waals surface area contributed by atoms with Crippen LogP contribution >= 0.6 is 0 Å². The highest BCUT2D eigenvalue weighted by atomic mass is 15.3. The quantitative estimate of drug-likeness (QED) is 0.851. The van der Waals surface area contributed by atoms with Gasteiger partial charge in [0.2, 0.25) is 0 Å². The van der Waals surface area contributed by atoms with Gasteiger partial charge in [0.25, 0.3) is 0 Å². The highest BCUT2D eigenvalue weighted by Gasteiger charge is 2.13. The lowest BCUT2D eigenvalue weighted by molar-refractivity contribution is 0.724. The summed E-state index contributed by atoms with van der Waals surface area (Å²) in [4.78, 5) is 4.01. The maximum absolute atomic E-state index is 5.71. The van der Waals surface area contributed by atoms with Gasteiger partial charge in [-0.2, -0.15) is 5.10 Å². The van der Waals surface area contributed by atoms with Gasteiger partial charge in [-0.3, -0.25) is 4.98 Å². The molecule has 0 fully saturated rings. The van der Waals surface area contributed by atoms with E-state index in [0.29, 0.717) is 12.5 Å². The maximum Gasteiger partial charge on any atom is 0.0679 e. The minimum Gasteiger partial charge on any atom is -0.326 e. The lowest BCUT2D eigenvalue weighted by Crippen LogP contribution is -2.07. The van der Waals surface area contributed by atoms with Gasteiger partial charge >= 0.3 is 0 Å². The number of pyridine rings is 1. The number of aromatic nitrogens is 3. The van der Waals surface area contributed by atoms with E-state index in [-0.39, 0.29) is 0 Å². The minimum absolute atomic E-state index is 0.397. The largest absolute Gasteiger partial charge is 0.326 e. The predicted octanol–water partition coefficient (Wildman–Crippen LogP) is 1.85. The Kier molecular flexibility index (Phi) is 3.01. The van der Waals surface area contributed by atoms with E-state index in [0.717, 1.165) is 11.3 Å². The molecule has 2 aromatic heterocycles. The fourth-order valence-corrected chi connectivity index (χ4v) is 1.86. The Morgan fingerprint density at radius 2 is 2.00 bits per heavy atom. The van der Waals surface area contributed by atoms with Crippen LogP contribution < -0.4 is 5.73 Å². The molecule has 0 bridgehead atoms. The van der Waals surface area contributed by atoms with E-state index < -0.39 is 0 Å². The van der Waals surface area contributed by atoms with Crippen molar-refractivity contribution in [1.82, 2.24) is 14.8 Å². The van der Waals surface area contributed by atoms with Crippen LogP contribution in [0.3, 0.4) is 0 Å². The molecule has 0 aliphatic heterocycles. The third-order valence-corrected chi connectivity index (χ3v) is 2.56. The molecule has 0 atom stereocenters. The number of hydrogen-bond donors (Lipinski definition) is 1. The van der Waals surface area contributed by atoms with E-state index in [1.165, 1.54) is 5.69 Å². The average molecular weight is 216 g/mol. The van der Waals surface area contributed by atoms with Crippen LogP contribution in [0.15, 0.2) is 30.7 Å². The van der Waals surface area contributed by atoms with Gasteiger partial charge in [0.15, 0.2) is 0 Å². The lowest BCUT2D eigenvalue weighted by atomic mass is 10.1. The van der Waals surface area contributed by atoms with Crippen molar-refractivity contribution in [3.63, 3.8) is 0 Å². The third kappa shape index (κ3) is 1.84. The Labute approximate surface area is 95.1 Å². The van der Waals surface area contributed by atoms with Gasteiger partial charge in [0.05, 0.1) is 17.6 Å². The molecule has 16 heavy (non-hydrogen) atoms. The van der Waals surface area contributed by atoms with Gasteiger partial charge in [-0.05, 0) is 18.1 Å². The van der Waals surface area contributed by atoms with Gasteiger partial charge in [-0.25, -0.2) is 4.68 Å². The van der Waals surface area contributed by atoms with Crippen LogP contribution in [-0.2, 0) is 6.54 Å². The second kappa shape index (κ2) is 4.45. The van der Waals surface area contributed by atoms with Crippen LogP contribution in [0, 0.1) is 0 Å². The summed E-state index contributed by atoms with van der Waals surface area (Å²) in [6, 6.07) is 3.89. The lowest BCUT2D eigenvalue weighted by Gasteiger charge is -2.11. The molecule has 2 N–H and O–H groups in total. The van der Waals surface area contributed by atoms with Gasteiger partial charge in [-0.15, -0.1) is 0 Å². The van der Waals surface area contributed by atoms with Gasteiger partial charge in [0, 0.05) is 24.5 Å². The molecular formula is C12H16N4. The minimum atomic E-state index is 0.397. The molecular weight excluding hydrogens is 200 g/mol. The molecule has 0 saturated carbocycles. The van der Waals surface area contributed by atoms with Crippen molar-refractivity contribution < 1.29 is 0 Å². The summed E-state index contributed by atoms with van der Waals surface area (Å²) in [6.45, 7) is 4.82. The summed E-state index contributed by atoms with van der Waals surface area (Å²) in [5.41, 5.74) is 9.02. The number of nitrogens with two attached hydrogens (primary N) is 1. The Bertz CT molecular complexity index is 459. The molecule has 0 aromatic carbocycles. The number of hydrogen-bond acceptors (Lipinski definition) is 3. The summed E-state index contributed by atoms with van der Waals surface area (Å²) in [6.07, 6.45) is 5.38. The fourth-order valence-electron chi connectivity index (χ4n) is 1.86. The molecule has 0 saturated heterocycles. The normalized spacial score (nSPS) is 11.0. The van der Waals surface area contributed by atoms with Crippen molar-refractivity contribution in [2.45, 2.75) is 26.3 Å². The van der Waals surface area contributed by atoms with Crippen LogP contribution in [0.2, 0.25) is 0 Å². The van der Waals surface area contributed by atoms with Crippen molar-refractivity contribution in [2.24, 2.45) is 5.73 Å². The molecule has 0 aliphatic rings. The summed E-state index contributed by atoms with van der Waals surface area (Å²) in [5, 5.41) is 4.39. The topological polar surface area (TPSA) is 56.7 Å². The zero-order valence-corrected chi connectivity index (χ0v) is 9.59. The van der Waals surface area contributed by atoms with E-state index in [2.05, 4.69) is 23.9 Å². The molecule has 0 unspecified atom stereocenters. The first kappa shape index (κ1) is 10.8. The number of nitrogens with zero attached hydrogens (tertiary/aromatic N) is 3. The van der Waals surface area contributed by atoms with Crippen molar-refractivity contribution >= 4 is 0 Å². The molecule has 84 valence electrons. The molecule has 2 rings (SSSR count). The smallest absolute Gasteiger partial charge is 0.0679 e. The fraction of sp³-hybridized carbons (Fsp3) is 0.333. The second-order valence-electron chi connectivity index (χ2n) is 4.03. The maximum atomic E-state index is 5.71. The first-order chi connectivity index (χ1) is 7.74. The van der Waals surface area contributed by atoms with Crippen LogP contribution in [0.25, 0.3) is 5.69 Å². The van der Waals surface area contributed by atoms with E-state index in [1.807, 2.05) is 23.0 Å². The van der Waals surface area contributed by atoms with Crippen LogP contribution in [-0.4, -0.2) is 14.8 Å². The Balaban J connectivity index is 2.53. The van der Waals surface area contributed by atoms with Crippen molar-refractivity contribution in [2.75, 3.05) is 0 Å². The summed E-state index contributed by atoms with van der Waals surface area (Å²) in [7, 11) is 0. The van der Waals surface area contributed by atoms with E-state index >= 15 is 0 Å². The Morgan fingerprint density at radius 3 is 2.56 bits per heavy atom. The number of rotatable bonds is 3. The average Bonchev–Trinajstić information content (AvgIpc) is 2.73. The Hall–Kier alpha value is -1.68. The third-order valence-electron chi connectivity index (χ3n) is 2.56. The second-order valence-corrected chi connectivity index (χ2v) is 4.03. The van der Waals surface area contributed by atoms with Gasteiger partial charge in [0.1, 0.15) is 0 Å². The van der Waals surface area contributed by atoms with E-state index in [9.17, 15) is 0 Å². The SMILES string of the molecule is CC(C)c1c(CN)cnn1-c1ccncc1. The van der Waals surface area contributed by atoms with Crippen LogP contribution in [0.1, 0.15) is 31.0 Å². The monoisotopic (exact) mass is 216 g/mol. The van der Waals surface area contributed by atoms with Gasteiger partial charge < -0.3 is 5.73 Å². The van der Waals surface area contributed by atoms with E-state index in [4.69, 9.17) is 5.73 Å². The first-order valence-corrected chi connectivity index (χ1v) is 5.41. The Morgan fingerprint density at radius 1 is 1.31 bits per heavy atom. The van der Waals surface area contributed by atoms with Crippen molar-refractivity contribution in [3.05, 3.63) is 42.0 Å². The van der Waals surface area contributed by atoms with Crippen molar-refractivity contribution in [1.29, 1.82) is 0 Å². The first-order valence-electron chi connectivity index (χ1n) is 5.41. The zero-order chi connectivity index (χ0) is 11.5. The highest BCUT2D eigenvalue weighted by molar-refractivity contribution is 5.34. The molecule has 0 amide bonds. The summed E-state index contributed by atoms with van der Waals surface area (Å²) in [5.74, 6) is 0.397. The highest BCUT2D eigenvalue weighted by Crippen LogP contribution is 2.22. The van der Waals surface area contributed by atoms with Crippen LogP contribution in [0.5, 0.6) is 0 Å². The summed E-state index contributed by atoms with van der Waals surface area (Å²) < 4.78 is 1.94. The molecule has 2 aromatic rings. The molecule has 2 heterocycles. The standard InChI is InChI=1S/C12H16N4/c1-9(2)12-10(7-13)8-15-16(12)11-3-5-14-6-4-11/h3-6,8-9H,7,13H2,1-2H3. The van der Waals surface area contributed by atoms with Crippen LogP contribution in [0.4, 0.5) is 0 Å².